The Kier molecular flexibility index (Phi) is 68.6. The van der Waals surface area contributed by atoms with Crippen LogP contribution >= 0.6 is 7.82 Å². The lowest BCUT2D eigenvalue weighted by molar-refractivity contribution is -0.870. The number of allylic oxidation sites excluding steroid dienone is 7. The molecule has 2 N–H and O–H groups in total. The summed E-state index contributed by atoms with van der Waals surface area (Å²) in [5.41, 5.74) is 0. The number of nitrogens with zero attached hydrogens (tertiary/aromatic N) is 1. The van der Waals surface area contributed by atoms with Crippen LogP contribution in [-0.4, -0.2) is 68.5 Å². The molecule has 0 aromatic heterocycles. The highest BCUT2D eigenvalue weighted by atomic mass is 31.2. The minimum absolute atomic E-state index is 0.00762. The molecule has 8 nitrogen and oxygen atoms in total. The number of phosphoric ester groups is 1. The van der Waals surface area contributed by atoms with E-state index in [9.17, 15) is 19.4 Å². The van der Waals surface area contributed by atoms with E-state index in [0.717, 1.165) is 44.9 Å². The molecule has 0 rings (SSSR count). The lowest BCUT2D eigenvalue weighted by atomic mass is 10.0. The van der Waals surface area contributed by atoms with Crippen LogP contribution in [0.3, 0.4) is 0 Å². The van der Waals surface area contributed by atoms with E-state index in [1.54, 1.807) is 6.08 Å². The van der Waals surface area contributed by atoms with E-state index in [2.05, 4.69) is 55.6 Å². The van der Waals surface area contributed by atoms with Crippen molar-refractivity contribution in [2.75, 3.05) is 40.9 Å². The Balaban J connectivity index is 3.94. The largest absolute Gasteiger partial charge is 0.756 e. The van der Waals surface area contributed by atoms with Crippen molar-refractivity contribution in [3.63, 3.8) is 0 Å². The highest BCUT2D eigenvalue weighted by molar-refractivity contribution is 7.45. The molecule has 0 aromatic carbocycles. The molecule has 0 saturated carbocycles. The first-order valence-electron chi connectivity index (χ1n) is 39.0. The molecule has 0 radical (unpaired) electrons. The fourth-order valence-corrected chi connectivity index (χ4v) is 12.7. The number of hydrogen-bond acceptors (Lipinski definition) is 6. The average molecular weight is 1260 g/mol. The summed E-state index contributed by atoms with van der Waals surface area (Å²) in [7, 11) is 1.25. The Labute approximate surface area is 549 Å². The highest BCUT2D eigenvalue weighted by Crippen LogP contribution is 2.38. The Morgan fingerprint density at radius 1 is 0.386 bits per heavy atom. The van der Waals surface area contributed by atoms with E-state index in [4.69, 9.17) is 9.05 Å². The first kappa shape index (κ1) is 86.5. The maximum absolute atomic E-state index is 13.1. The lowest BCUT2D eigenvalue weighted by Crippen LogP contribution is -2.45. The maximum atomic E-state index is 13.1. The first-order chi connectivity index (χ1) is 43.0. The molecule has 0 saturated heterocycles. The number of aliphatic hydroxyl groups is 1. The summed E-state index contributed by atoms with van der Waals surface area (Å²) in [6, 6.07) is -0.911. The molecule has 0 aliphatic heterocycles. The molecule has 0 aromatic rings. The molecule has 0 aliphatic rings. The molecule has 520 valence electrons. The molecule has 0 spiro atoms. The molecular formula is C79H153N2O6P. The number of unbranched alkanes of at least 4 members (excludes halogenated alkanes) is 54. The Morgan fingerprint density at radius 3 is 0.920 bits per heavy atom. The van der Waals surface area contributed by atoms with Gasteiger partial charge in [0.05, 0.1) is 39.9 Å². The van der Waals surface area contributed by atoms with Gasteiger partial charge in [-0.25, -0.2) is 0 Å². The number of carbonyl (C=O) groups is 1. The topological polar surface area (TPSA) is 108 Å². The predicted octanol–water partition coefficient (Wildman–Crippen LogP) is 24.7. The standard InChI is InChI=1S/C79H153N2O6P/c1-6-8-10-12-14-16-18-20-22-24-26-28-30-32-33-34-35-36-37-38-39-40-41-42-43-44-45-46-47-49-51-53-55-57-59-61-63-65-67-69-71-73-79(83)80-77(76-87-88(84,85)86-75-74-81(3,4)5)78(82)72-70-68-66-64-62-60-58-56-54-52-50-48-31-29-27-25-23-21-19-17-15-13-11-9-7-2/h24,26,54,56,62,64,70,72,77-78,82H,6-23,25,27-53,55,57-61,63,65-69,71,73-76H2,1-5H3,(H-,80,83,84,85)/b26-24-,56-54+,64-62+,72-70+. The van der Waals surface area contributed by atoms with E-state index in [1.807, 2.05) is 27.2 Å². The number of aliphatic hydroxyl groups excluding tert-OH is 1. The molecule has 3 unspecified atom stereocenters. The van der Waals surface area contributed by atoms with Gasteiger partial charge in [0.2, 0.25) is 5.91 Å². The zero-order chi connectivity index (χ0) is 64.1. The number of likely N-dealkylation sites (N-methyl/N-ethyl adjacent to an activating group) is 1. The molecule has 88 heavy (non-hydrogen) atoms. The van der Waals surface area contributed by atoms with Crippen LogP contribution in [0.15, 0.2) is 48.6 Å². The molecular weight excluding hydrogens is 1100 g/mol. The van der Waals surface area contributed by atoms with Gasteiger partial charge >= 0.3 is 0 Å². The second-order valence-corrected chi connectivity index (χ2v) is 29.5. The number of hydrogen-bond donors (Lipinski definition) is 2. The Hall–Kier alpha value is -1.54. The molecule has 3 atom stereocenters. The van der Waals surface area contributed by atoms with Crippen molar-refractivity contribution in [2.45, 2.75) is 411 Å². The summed E-state index contributed by atoms with van der Waals surface area (Å²) in [5.74, 6) is -0.203. The summed E-state index contributed by atoms with van der Waals surface area (Å²) in [6.45, 7) is 4.68. The Morgan fingerprint density at radius 2 is 0.636 bits per heavy atom. The first-order valence-corrected chi connectivity index (χ1v) is 40.5. The van der Waals surface area contributed by atoms with Crippen molar-refractivity contribution in [1.82, 2.24) is 5.32 Å². The number of phosphoric acid groups is 1. The van der Waals surface area contributed by atoms with Crippen LogP contribution in [0.4, 0.5) is 0 Å². The second-order valence-electron chi connectivity index (χ2n) is 28.0. The maximum Gasteiger partial charge on any atom is 0.268 e. The van der Waals surface area contributed by atoms with Crippen LogP contribution < -0.4 is 10.2 Å². The minimum Gasteiger partial charge on any atom is -0.756 e. The normalized spacial score (nSPS) is 13.8. The lowest BCUT2D eigenvalue weighted by Gasteiger charge is -2.29. The van der Waals surface area contributed by atoms with Gasteiger partial charge in [0.1, 0.15) is 13.2 Å². The summed E-state index contributed by atoms with van der Waals surface area (Å²) in [6.07, 6.45) is 95.8. The van der Waals surface area contributed by atoms with Crippen LogP contribution in [-0.2, 0) is 18.4 Å². The fourth-order valence-electron chi connectivity index (χ4n) is 12.0. The number of nitrogens with one attached hydrogen (secondary N) is 1. The Bertz CT molecular complexity index is 1580. The zero-order valence-electron chi connectivity index (χ0n) is 59.7. The van der Waals surface area contributed by atoms with Crippen molar-refractivity contribution in [1.29, 1.82) is 0 Å². The van der Waals surface area contributed by atoms with Crippen LogP contribution in [0, 0.1) is 0 Å². The third-order valence-corrected chi connectivity index (χ3v) is 19.0. The van der Waals surface area contributed by atoms with Gasteiger partial charge in [0.15, 0.2) is 0 Å². The molecule has 9 heteroatoms. The van der Waals surface area contributed by atoms with Crippen LogP contribution in [0.25, 0.3) is 0 Å². The van der Waals surface area contributed by atoms with E-state index in [0.29, 0.717) is 17.4 Å². The molecule has 0 bridgehead atoms. The van der Waals surface area contributed by atoms with E-state index in [-0.39, 0.29) is 12.5 Å². The van der Waals surface area contributed by atoms with Crippen LogP contribution in [0.2, 0.25) is 0 Å². The SMILES string of the molecule is CCCCCCCCCC/C=C\CCCCCCCCCCCCCCCCCCCCCCCCCCCCCCCC(=O)NC(COP(=O)([O-])OCC[N+](C)(C)C)C(O)/C=C/CC/C=C/CC/C=C/CCCCCCCCCCCCCCCCC. The molecule has 1 amide bonds. The van der Waals surface area contributed by atoms with Gasteiger partial charge in [-0.05, 0) is 70.6 Å². The van der Waals surface area contributed by atoms with Crippen molar-refractivity contribution >= 4 is 13.7 Å². The summed E-state index contributed by atoms with van der Waals surface area (Å²) in [4.78, 5) is 25.7. The predicted molar refractivity (Wildman–Crippen MR) is 385 cm³/mol. The van der Waals surface area contributed by atoms with E-state index in [1.165, 1.54) is 334 Å². The molecule has 0 heterocycles. The quantitative estimate of drug-likeness (QED) is 0.0272. The third kappa shape index (κ3) is 71.9. The summed E-state index contributed by atoms with van der Waals surface area (Å²) in [5, 5.41) is 14.0. The van der Waals surface area contributed by atoms with Crippen molar-refractivity contribution in [3.05, 3.63) is 48.6 Å². The summed E-state index contributed by atoms with van der Waals surface area (Å²) >= 11 is 0. The van der Waals surface area contributed by atoms with Gasteiger partial charge in [0.25, 0.3) is 7.82 Å². The van der Waals surface area contributed by atoms with Gasteiger partial charge in [-0.1, -0.05) is 371 Å². The average Bonchev–Trinajstić information content (AvgIpc) is 3.71. The van der Waals surface area contributed by atoms with Crippen molar-refractivity contribution in [3.8, 4) is 0 Å². The van der Waals surface area contributed by atoms with E-state index < -0.39 is 26.6 Å². The fraction of sp³-hybridized carbons (Fsp3) is 0.886. The molecule has 0 aliphatic carbocycles. The number of carbonyl (C=O) groups excluding carboxylic acids is 1. The van der Waals surface area contributed by atoms with E-state index >= 15 is 0 Å². The molecule has 0 fully saturated rings. The second kappa shape index (κ2) is 69.8. The van der Waals surface area contributed by atoms with Crippen LogP contribution in [0.1, 0.15) is 399 Å². The smallest absolute Gasteiger partial charge is 0.268 e. The third-order valence-electron chi connectivity index (χ3n) is 18.0. The van der Waals surface area contributed by atoms with Gasteiger partial charge < -0.3 is 28.8 Å². The van der Waals surface area contributed by atoms with Gasteiger partial charge in [0, 0.05) is 6.42 Å². The van der Waals surface area contributed by atoms with Crippen molar-refractivity contribution < 1.29 is 32.9 Å². The van der Waals surface area contributed by atoms with Gasteiger partial charge in [-0.15, -0.1) is 0 Å². The zero-order valence-corrected chi connectivity index (χ0v) is 60.6. The number of rotatable bonds is 73. The summed E-state index contributed by atoms with van der Waals surface area (Å²) < 4.78 is 23.5. The van der Waals surface area contributed by atoms with Crippen LogP contribution in [0.5, 0.6) is 0 Å². The van der Waals surface area contributed by atoms with Crippen molar-refractivity contribution in [2.24, 2.45) is 0 Å². The van der Waals surface area contributed by atoms with Gasteiger partial charge in [-0.3, -0.25) is 9.36 Å². The number of quaternary nitrogens is 1. The monoisotopic (exact) mass is 1260 g/mol. The highest BCUT2D eigenvalue weighted by Gasteiger charge is 2.23. The van der Waals surface area contributed by atoms with Gasteiger partial charge in [-0.2, -0.15) is 0 Å². The minimum atomic E-state index is -4.62. The number of amides is 1.